The average molecular weight is 301 g/mol. The lowest BCUT2D eigenvalue weighted by Gasteiger charge is -2.26. The molecule has 0 aliphatic heterocycles. The fraction of sp³-hybridized carbons (Fsp3) is 0.733. The van der Waals surface area contributed by atoms with E-state index in [1.807, 2.05) is 6.92 Å². The second-order valence-electron chi connectivity index (χ2n) is 5.98. The second kappa shape index (κ2) is 8.67. The summed E-state index contributed by atoms with van der Waals surface area (Å²) in [5.74, 6) is -1.16. The minimum absolute atomic E-state index is 0.125. The summed E-state index contributed by atoms with van der Waals surface area (Å²) in [5, 5.41) is 11.5. The molecular formula is C15H27NO5. The van der Waals surface area contributed by atoms with Gasteiger partial charge >= 0.3 is 12.1 Å². The molecule has 0 fully saturated rings. The van der Waals surface area contributed by atoms with Gasteiger partial charge in [-0.25, -0.2) is 9.59 Å². The lowest BCUT2D eigenvalue weighted by molar-refractivity contribution is -0.144. The number of allylic oxidation sites excluding steroid dienone is 1. The van der Waals surface area contributed by atoms with Gasteiger partial charge in [-0.3, -0.25) is 0 Å². The van der Waals surface area contributed by atoms with E-state index in [1.54, 1.807) is 33.8 Å². The van der Waals surface area contributed by atoms with Gasteiger partial charge in [-0.15, -0.1) is 6.58 Å². The third-order valence-corrected chi connectivity index (χ3v) is 2.63. The van der Waals surface area contributed by atoms with Gasteiger partial charge in [-0.1, -0.05) is 6.08 Å². The molecule has 0 heterocycles. The molecule has 0 saturated heterocycles. The van der Waals surface area contributed by atoms with E-state index >= 15 is 0 Å². The highest BCUT2D eigenvalue weighted by Crippen LogP contribution is 2.11. The first-order valence-corrected chi connectivity index (χ1v) is 7.05. The molecule has 21 heavy (non-hydrogen) atoms. The Labute approximate surface area is 126 Å². The van der Waals surface area contributed by atoms with Gasteiger partial charge < -0.3 is 19.9 Å². The quantitative estimate of drug-likeness (QED) is 0.673. The van der Waals surface area contributed by atoms with Crippen molar-refractivity contribution in [2.75, 3.05) is 0 Å². The van der Waals surface area contributed by atoms with Crippen molar-refractivity contribution >= 4 is 12.1 Å². The molecule has 0 radical (unpaired) electrons. The van der Waals surface area contributed by atoms with Crippen LogP contribution in [0, 0.1) is 0 Å². The van der Waals surface area contributed by atoms with E-state index in [4.69, 9.17) is 9.47 Å². The number of carbonyl (C=O) groups excluding carboxylic acids is 1. The highest BCUT2D eigenvalue weighted by atomic mass is 16.6. The van der Waals surface area contributed by atoms with E-state index in [9.17, 15) is 14.7 Å². The topological polar surface area (TPSA) is 84.9 Å². The van der Waals surface area contributed by atoms with Crippen LogP contribution in [-0.2, 0) is 14.3 Å². The Kier molecular flexibility index (Phi) is 8.02. The molecule has 0 aliphatic carbocycles. The number of hydrogen-bond acceptors (Lipinski definition) is 4. The van der Waals surface area contributed by atoms with E-state index in [0.717, 1.165) is 12.8 Å². The van der Waals surface area contributed by atoms with Crippen molar-refractivity contribution in [1.29, 1.82) is 0 Å². The fourth-order valence-corrected chi connectivity index (χ4v) is 1.68. The Morgan fingerprint density at radius 2 is 1.90 bits per heavy atom. The van der Waals surface area contributed by atoms with Gasteiger partial charge in [0.1, 0.15) is 5.60 Å². The Balaban J connectivity index is 4.56. The van der Waals surface area contributed by atoms with Crippen LogP contribution in [0.15, 0.2) is 12.7 Å². The Morgan fingerprint density at radius 1 is 1.33 bits per heavy atom. The van der Waals surface area contributed by atoms with Crippen LogP contribution < -0.4 is 5.32 Å². The number of hydrogen-bond donors (Lipinski definition) is 2. The first kappa shape index (κ1) is 19.4. The van der Waals surface area contributed by atoms with Gasteiger partial charge in [0.15, 0.2) is 6.04 Å². The van der Waals surface area contributed by atoms with E-state index in [1.165, 1.54) is 0 Å². The van der Waals surface area contributed by atoms with Crippen LogP contribution in [0.4, 0.5) is 4.79 Å². The number of alkyl carbamates (subject to hydrolysis) is 1. The zero-order chi connectivity index (χ0) is 16.6. The molecule has 0 rings (SSSR count). The van der Waals surface area contributed by atoms with Crippen molar-refractivity contribution in [2.24, 2.45) is 0 Å². The van der Waals surface area contributed by atoms with Gasteiger partial charge in [-0.2, -0.15) is 0 Å². The maximum atomic E-state index is 11.7. The number of amides is 1. The van der Waals surface area contributed by atoms with Crippen LogP contribution in [0.25, 0.3) is 0 Å². The van der Waals surface area contributed by atoms with Crippen LogP contribution in [0.5, 0.6) is 0 Å². The highest BCUT2D eigenvalue weighted by Gasteiger charge is 2.30. The molecule has 0 aliphatic rings. The molecule has 0 saturated carbocycles. The van der Waals surface area contributed by atoms with Gasteiger partial charge in [0.2, 0.25) is 0 Å². The molecule has 122 valence electrons. The molecule has 0 spiro atoms. The molecule has 0 aromatic rings. The van der Waals surface area contributed by atoms with E-state index in [-0.39, 0.29) is 6.10 Å². The summed E-state index contributed by atoms with van der Waals surface area (Å²) < 4.78 is 10.7. The molecule has 0 aromatic carbocycles. The Morgan fingerprint density at radius 3 is 2.33 bits per heavy atom. The van der Waals surface area contributed by atoms with Crippen molar-refractivity contribution in [3.05, 3.63) is 12.7 Å². The summed E-state index contributed by atoms with van der Waals surface area (Å²) in [6.07, 6.45) is 1.73. The van der Waals surface area contributed by atoms with Crippen molar-refractivity contribution in [3.63, 3.8) is 0 Å². The van der Waals surface area contributed by atoms with Crippen molar-refractivity contribution in [1.82, 2.24) is 5.32 Å². The first-order valence-electron chi connectivity index (χ1n) is 7.05. The molecule has 1 amide bonds. The zero-order valence-corrected chi connectivity index (χ0v) is 13.5. The summed E-state index contributed by atoms with van der Waals surface area (Å²) in [4.78, 5) is 22.9. The standard InChI is InChI=1S/C15H27NO5/c1-7-8-9-10(2)20-11(3)12(13(17)18)16-14(19)21-15(4,5)6/h7,10-12H,1,8-9H2,2-6H3,(H,16,19)(H,17,18)/t10-,11?,12?/m1/s1. The number of carbonyl (C=O) groups is 2. The van der Waals surface area contributed by atoms with E-state index in [0.29, 0.717) is 0 Å². The second-order valence-corrected chi connectivity index (χ2v) is 5.98. The summed E-state index contributed by atoms with van der Waals surface area (Å²) >= 11 is 0. The number of carboxylic acid groups (broad SMARTS) is 1. The SMILES string of the molecule is C=CCC[C@@H](C)OC(C)C(NC(=O)OC(C)(C)C)C(=O)O. The van der Waals surface area contributed by atoms with Crippen molar-refractivity contribution in [2.45, 2.75) is 71.3 Å². The normalized spacial score (nSPS) is 15.7. The maximum absolute atomic E-state index is 11.7. The molecule has 6 nitrogen and oxygen atoms in total. The zero-order valence-electron chi connectivity index (χ0n) is 13.5. The third-order valence-electron chi connectivity index (χ3n) is 2.63. The fourth-order valence-electron chi connectivity index (χ4n) is 1.68. The molecule has 0 bridgehead atoms. The van der Waals surface area contributed by atoms with Crippen molar-refractivity contribution in [3.8, 4) is 0 Å². The van der Waals surface area contributed by atoms with Crippen LogP contribution in [0.3, 0.4) is 0 Å². The largest absolute Gasteiger partial charge is 0.480 e. The Hall–Kier alpha value is -1.56. The highest BCUT2D eigenvalue weighted by molar-refractivity contribution is 5.80. The molecule has 2 N–H and O–H groups in total. The third kappa shape index (κ3) is 9.07. The Bertz CT molecular complexity index is 362. The van der Waals surface area contributed by atoms with Gasteiger partial charge in [0.05, 0.1) is 12.2 Å². The van der Waals surface area contributed by atoms with Crippen LogP contribution in [0.2, 0.25) is 0 Å². The monoisotopic (exact) mass is 301 g/mol. The predicted octanol–water partition coefficient (Wildman–Crippen LogP) is 2.72. The lowest BCUT2D eigenvalue weighted by Crippen LogP contribution is -2.50. The first-order chi connectivity index (χ1) is 9.56. The predicted molar refractivity (Wildman–Crippen MR) is 80.2 cm³/mol. The summed E-state index contributed by atoms with van der Waals surface area (Å²) in [5.41, 5.74) is -0.686. The minimum Gasteiger partial charge on any atom is -0.480 e. The molecule has 3 atom stereocenters. The lowest BCUT2D eigenvalue weighted by atomic mass is 10.1. The van der Waals surface area contributed by atoms with Crippen molar-refractivity contribution < 1.29 is 24.2 Å². The molecular weight excluding hydrogens is 274 g/mol. The number of ether oxygens (including phenoxy) is 2. The smallest absolute Gasteiger partial charge is 0.408 e. The number of rotatable bonds is 8. The molecule has 6 heteroatoms. The summed E-state index contributed by atoms with van der Waals surface area (Å²) in [7, 11) is 0. The maximum Gasteiger partial charge on any atom is 0.408 e. The van der Waals surface area contributed by atoms with Gasteiger partial charge in [-0.05, 0) is 47.5 Å². The number of nitrogens with one attached hydrogen (secondary N) is 1. The van der Waals surface area contributed by atoms with E-state index < -0.39 is 29.8 Å². The molecule has 0 aromatic heterocycles. The minimum atomic E-state index is -1.16. The van der Waals surface area contributed by atoms with E-state index in [2.05, 4.69) is 11.9 Å². The molecule has 2 unspecified atom stereocenters. The van der Waals surface area contributed by atoms with Crippen LogP contribution >= 0.6 is 0 Å². The average Bonchev–Trinajstić information content (AvgIpc) is 2.30. The van der Waals surface area contributed by atoms with Gasteiger partial charge in [0, 0.05) is 0 Å². The van der Waals surface area contributed by atoms with Crippen LogP contribution in [0.1, 0.15) is 47.5 Å². The summed E-state index contributed by atoms with van der Waals surface area (Å²) in [6.45, 7) is 12.2. The van der Waals surface area contributed by atoms with Crippen LogP contribution in [-0.4, -0.2) is 41.0 Å². The number of aliphatic carboxylic acids is 1. The van der Waals surface area contributed by atoms with Gasteiger partial charge in [0.25, 0.3) is 0 Å². The number of carboxylic acids is 1. The summed E-state index contributed by atoms with van der Waals surface area (Å²) in [6, 6.07) is -1.16.